The Kier molecular flexibility index (Phi) is 6.06. The van der Waals surface area contributed by atoms with Crippen molar-refractivity contribution in [3.8, 4) is 22.8 Å². The van der Waals surface area contributed by atoms with Crippen LogP contribution in [0.5, 0.6) is 0 Å². The van der Waals surface area contributed by atoms with Gasteiger partial charge in [0.2, 0.25) is 0 Å². The van der Waals surface area contributed by atoms with E-state index >= 15 is 4.39 Å². The van der Waals surface area contributed by atoms with Crippen molar-refractivity contribution in [3.63, 3.8) is 0 Å². The zero-order valence-corrected chi connectivity index (χ0v) is 21.8. The fourth-order valence-corrected chi connectivity index (χ4v) is 7.06. The first kappa shape index (κ1) is 25.3. The Morgan fingerprint density at radius 2 is 1.95 bits per heavy atom. The first-order chi connectivity index (χ1) is 17.4. The summed E-state index contributed by atoms with van der Waals surface area (Å²) in [7, 11) is -3.05. The predicted molar refractivity (Wildman–Crippen MR) is 136 cm³/mol. The van der Waals surface area contributed by atoms with Crippen LogP contribution in [0.4, 0.5) is 9.18 Å². The van der Waals surface area contributed by atoms with Crippen LogP contribution in [0, 0.1) is 5.82 Å². The molecule has 3 heterocycles. The van der Waals surface area contributed by atoms with E-state index in [9.17, 15) is 14.1 Å². The number of aromatic nitrogens is 3. The van der Waals surface area contributed by atoms with Gasteiger partial charge in [0.1, 0.15) is 21.9 Å². The van der Waals surface area contributed by atoms with E-state index in [2.05, 4.69) is 29.8 Å². The number of nitrogens with zero attached hydrogens (tertiary/aromatic N) is 5. The quantitative estimate of drug-likeness (QED) is 0.474. The van der Waals surface area contributed by atoms with E-state index in [0.717, 1.165) is 12.8 Å². The van der Waals surface area contributed by atoms with Crippen LogP contribution in [-0.2, 0) is 15.3 Å². The number of benzene rings is 1. The molecule has 37 heavy (non-hydrogen) atoms. The van der Waals surface area contributed by atoms with Gasteiger partial charge in [0, 0.05) is 29.6 Å². The molecule has 2 aromatic heterocycles. The smallest absolute Gasteiger partial charge is 0.410 e. The lowest BCUT2D eigenvalue weighted by Crippen LogP contribution is -2.57. The van der Waals surface area contributed by atoms with E-state index in [1.807, 2.05) is 0 Å². The van der Waals surface area contributed by atoms with Crippen molar-refractivity contribution in [2.75, 3.05) is 5.75 Å². The third-order valence-electron chi connectivity index (χ3n) is 6.49. The number of carbonyl (C=O) groups is 1. The maximum absolute atomic E-state index is 15.3. The van der Waals surface area contributed by atoms with E-state index in [0.29, 0.717) is 27.9 Å². The molecule has 194 valence electrons. The van der Waals surface area contributed by atoms with Gasteiger partial charge >= 0.3 is 6.09 Å². The average molecular weight is 547 g/mol. The fourth-order valence-electron chi connectivity index (χ4n) is 4.19. The lowest BCUT2D eigenvalue weighted by molar-refractivity contribution is 0.199. The summed E-state index contributed by atoms with van der Waals surface area (Å²) in [6.45, 7) is 4.93. The molecule has 13 heteroatoms. The van der Waals surface area contributed by atoms with Gasteiger partial charge in [-0.3, -0.25) is 10.3 Å². The summed E-state index contributed by atoms with van der Waals surface area (Å²) in [5, 5.41) is 16.1. The highest BCUT2D eigenvalue weighted by Gasteiger charge is 2.50. The predicted octanol–water partition coefficient (Wildman–Crippen LogP) is 4.90. The lowest BCUT2D eigenvalue weighted by Gasteiger charge is -2.41. The summed E-state index contributed by atoms with van der Waals surface area (Å²) in [4.78, 5) is 24.4. The molecule has 0 radical (unpaired) electrons. The zero-order valence-electron chi connectivity index (χ0n) is 20.2. The van der Waals surface area contributed by atoms with Gasteiger partial charge < -0.3 is 9.63 Å². The highest BCUT2D eigenvalue weighted by Crippen LogP contribution is 2.42. The summed E-state index contributed by atoms with van der Waals surface area (Å²) in [6, 6.07) is 5.88. The van der Waals surface area contributed by atoms with Crippen LogP contribution < -0.4 is 5.32 Å². The van der Waals surface area contributed by atoms with E-state index in [1.165, 1.54) is 24.5 Å². The number of carboxylic acid groups (broad SMARTS) is 1. The summed E-state index contributed by atoms with van der Waals surface area (Å²) in [5.41, 5.74) is -0.390. The van der Waals surface area contributed by atoms with Crippen LogP contribution in [0.3, 0.4) is 0 Å². The molecule has 0 saturated heterocycles. The van der Waals surface area contributed by atoms with Crippen LogP contribution in [0.15, 0.2) is 50.5 Å². The van der Waals surface area contributed by atoms with Crippen molar-refractivity contribution in [2.24, 2.45) is 9.36 Å². The van der Waals surface area contributed by atoms with Gasteiger partial charge in [-0.25, -0.2) is 27.7 Å². The molecule has 2 atom stereocenters. The Morgan fingerprint density at radius 3 is 2.59 bits per heavy atom. The molecule has 0 spiro atoms. The molecule has 1 aromatic carbocycles. The van der Waals surface area contributed by atoms with Crippen molar-refractivity contribution >= 4 is 33.3 Å². The van der Waals surface area contributed by atoms with Crippen LogP contribution in [0.25, 0.3) is 22.8 Å². The van der Waals surface area contributed by atoms with Gasteiger partial charge in [-0.2, -0.15) is 0 Å². The van der Waals surface area contributed by atoms with E-state index in [-0.39, 0.29) is 23.2 Å². The summed E-state index contributed by atoms with van der Waals surface area (Å²) < 4.78 is 38.5. The molecule has 1 aliphatic carbocycles. The average Bonchev–Trinajstić information content (AvgIpc) is 3.49. The molecule has 3 aromatic rings. The molecular formula is C24H24ClFN6O4S. The Balaban J connectivity index is 1.60. The number of halogens is 2. The molecule has 1 aliphatic heterocycles. The van der Waals surface area contributed by atoms with Crippen molar-refractivity contribution in [3.05, 3.63) is 53.1 Å². The maximum atomic E-state index is 15.3. The molecule has 0 bridgehead atoms. The van der Waals surface area contributed by atoms with Gasteiger partial charge in [0.15, 0.2) is 17.3 Å². The van der Waals surface area contributed by atoms with E-state index in [4.69, 9.17) is 16.1 Å². The normalized spacial score (nSPS) is 24.8. The molecule has 2 aliphatic rings. The maximum Gasteiger partial charge on any atom is 0.410 e. The minimum absolute atomic E-state index is 0.0187. The number of hydrogen-bond acceptors (Lipinski definition) is 8. The molecule has 1 unspecified atom stereocenters. The van der Waals surface area contributed by atoms with Gasteiger partial charge in [-0.15, -0.1) is 0 Å². The summed E-state index contributed by atoms with van der Waals surface area (Å²) in [6.07, 6.45) is 3.15. The third kappa shape index (κ3) is 4.71. The second kappa shape index (κ2) is 8.88. The lowest BCUT2D eigenvalue weighted by atomic mass is 9.91. The van der Waals surface area contributed by atoms with Gasteiger partial charge in [0.05, 0.1) is 26.5 Å². The topological polar surface area (TPSA) is 143 Å². The zero-order chi connectivity index (χ0) is 26.6. The second-order valence-electron chi connectivity index (χ2n) is 9.79. The standard InChI is InChI=1S/C24H24ClFN6O4S/c1-23(2)21(29-22(33)34)30-24(3,12-37(23,35)32-15-5-6-15)16-8-13(4-7-17(16)26)19-9-18(31-36-19)20-27-10-14(25)11-28-20/h4,7-11,15H,5-6,12H2,1-3H3,(H,29,30)(H,33,34)/t24-,37?/m0/s1. The Bertz CT molecular complexity index is 1540. The largest absolute Gasteiger partial charge is 0.465 e. The van der Waals surface area contributed by atoms with Crippen molar-refractivity contribution in [2.45, 2.75) is 49.9 Å². The molecule has 1 fully saturated rings. The van der Waals surface area contributed by atoms with Crippen molar-refractivity contribution < 1.29 is 23.0 Å². The monoisotopic (exact) mass is 546 g/mol. The number of hydrogen-bond donors (Lipinski definition) is 2. The SMILES string of the molecule is CC1(C)C(NC(=O)O)=N[C@](C)(c2cc(-c3cc(-c4ncc(Cl)cn4)no3)ccc2F)CS1(=O)=NC1CC1. The molecule has 5 rings (SSSR count). The van der Waals surface area contributed by atoms with Crippen LogP contribution in [-0.4, -0.2) is 52.9 Å². The van der Waals surface area contributed by atoms with Gasteiger partial charge in [-0.05, 0) is 51.8 Å². The highest BCUT2D eigenvalue weighted by molar-refractivity contribution is 7.95. The second-order valence-corrected chi connectivity index (χ2v) is 13.0. The number of rotatable bonds is 4. The van der Waals surface area contributed by atoms with Gasteiger partial charge in [-0.1, -0.05) is 16.8 Å². The molecule has 10 nitrogen and oxygen atoms in total. The van der Waals surface area contributed by atoms with Crippen LogP contribution in [0.1, 0.15) is 39.2 Å². The Hall–Kier alpha value is -3.38. The van der Waals surface area contributed by atoms with Gasteiger partial charge in [0.25, 0.3) is 0 Å². The van der Waals surface area contributed by atoms with Crippen molar-refractivity contribution in [1.82, 2.24) is 20.4 Å². The Morgan fingerprint density at radius 1 is 1.24 bits per heavy atom. The number of nitrogens with one attached hydrogen (secondary N) is 1. The third-order valence-corrected chi connectivity index (χ3v) is 10.1. The first-order valence-corrected chi connectivity index (χ1v) is 13.6. The fraction of sp³-hybridized carbons (Fsp3) is 0.375. The summed E-state index contributed by atoms with van der Waals surface area (Å²) >= 11 is 5.85. The number of amides is 1. The van der Waals surface area contributed by atoms with Crippen LogP contribution in [0.2, 0.25) is 5.02 Å². The number of aliphatic imine (C=N–C) groups is 1. The Labute approximate surface area is 217 Å². The molecule has 2 N–H and O–H groups in total. The molecule has 1 saturated carbocycles. The van der Waals surface area contributed by atoms with E-state index < -0.39 is 31.9 Å². The first-order valence-electron chi connectivity index (χ1n) is 11.5. The highest BCUT2D eigenvalue weighted by atomic mass is 35.5. The number of amidine groups is 1. The minimum Gasteiger partial charge on any atom is -0.465 e. The van der Waals surface area contributed by atoms with Crippen molar-refractivity contribution in [1.29, 1.82) is 0 Å². The molecular weight excluding hydrogens is 523 g/mol. The molecule has 1 amide bonds. The minimum atomic E-state index is -3.05. The van der Waals surface area contributed by atoms with E-state index in [1.54, 1.807) is 32.9 Å². The summed E-state index contributed by atoms with van der Waals surface area (Å²) in [5.74, 6) is -0.0490. The van der Waals surface area contributed by atoms with Crippen LogP contribution >= 0.6 is 11.6 Å².